The van der Waals surface area contributed by atoms with Crippen LogP contribution in [0.1, 0.15) is 52.5 Å². The second-order valence-electron chi connectivity index (χ2n) is 7.99. The smallest absolute Gasteiger partial charge is 0.421 e. The molecule has 26 heavy (non-hydrogen) atoms. The Balaban J connectivity index is 2.05. The summed E-state index contributed by atoms with van der Waals surface area (Å²) in [4.78, 5) is 38.2. The molecule has 1 spiro atoms. The molecule has 140 valence electrons. The predicted molar refractivity (Wildman–Crippen MR) is 95.6 cm³/mol. The topological polar surface area (TPSA) is 89.8 Å². The van der Waals surface area contributed by atoms with Crippen LogP contribution in [0.4, 0.5) is 10.5 Å². The molecule has 7 nitrogen and oxygen atoms in total. The van der Waals surface area contributed by atoms with Crippen molar-refractivity contribution in [2.75, 3.05) is 4.90 Å². The summed E-state index contributed by atoms with van der Waals surface area (Å²) < 4.78 is 5.38. The summed E-state index contributed by atoms with van der Waals surface area (Å²) >= 11 is 0. The third-order valence-corrected chi connectivity index (χ3v) is 5.14. The fourth-order valence-electron chi connectivity index (χ4n) is 4.12. The number of nitro groups is 1. The van der Waals surface area contributed by atoms with Crippen molar-refractivity contribution in [1.29, 1.82) is 0 Å². The SMILES string of the molecule is CCCC[C@H]1C([N+](=O)[O-])[C@@]12C(=O)N(C(=O)OC(C)(C)C)c1ccccc12. The molecule has 3 rings (SSSR count). The Morgan fingerprint density at radius 3 is 2.58 bits per heavy atom. The maximum atomic E-state index is 13.3. The quantitative estimate of drug-likeness (QED) is 0.603. The van der Waals surface area contributed by atoms with Crippen LogP contribution in [0.2, 0.25) is 0 Å². The minimum absolute atomic E-state index is 0.367. The van der Waals surface area contributed by atoms with E-state index in [0.29, 0.717) is 17.7 Å². The van der Waals surface area contributed by atoms with Crippen LogP contribution in [0.25, 0.3) is 0 Å². The van der Waals surface area contributed by atoms with Gasteiger partial charge in [-0.3, -0.25) is 14.9 Å². The zero-order chi connectivity index (χ0) is 19.3. The van der Waals surface area contributed by atoms with Crippen LogP contribution in [0.5, 0.6) is 0 Å². The van der Waals surface area contributed by atoms with Gasteiger partial charge >= 0.3 is 6.09 Å². The first-order valence-corrected chi connectivity index (χ1v) is 8.96. The highest BCUT2D eigenvalue weighted by Gasteiger charge is 2.82. The maximum absolute atomic E-state index is 13.3. The predicted octanol–water partition coefficient (Wildman–Crippen LogP) is 3.67. The Morgan fingerprint density at radius 1 is 1.35 bits per heavy atom. The number of anilines is 1. The minimum Gasteiger partial charge on any atom is -0.443 e. The van der Waals surface area contributed by atoms with Gasteiger partial charge < -0.3 is 4.74 Å². The van der Waals surface area contributed by atoms with Gasteiger partial charge in [-0.25, -0.2) is 9.69 Å². The Labute approximate surface area is 152 Å². The summed E-state index contributed by atoms with van der Waals surface area (Å²) in [5.41, 5.74) is -1.04. The van der Waals surface area contributed by atoms with Gasteiger partial charge in [0.15, 0.2) is 5.41 Å². The Kier molecular flexibility index (Phi) is 4.29. The molecule has 1 aliphatic heterocycles. The standard InChI is InChI=1S/C19H24N2O5/c1-5-6-9-13-15(21(24)25)19(13)12-10-7-8-11-14(12)20(16(19)22)17(23)26-18(2,3)4/h7-8,10-11,13,15H,5-6,9H2,1-4H3/t13-,15?,19-/m0/s1. The van der Waals surface area contributed by atoms with Gasteiger partial charge in [-0.05, 0) is 38.8 Å². The molecule has 1 heterocycles. The molecule has 3 atom stereocenters. The van der Waals surface area contributed by atoms with Crippen LogP contribution in [-0.4, -0.2) is 28.6 Å². The molecule has 1 aromatic carbocycles. The van der Waals surface area contributed by atoms with Gasteiger partial charge in [0.2, 0.25) is 6.04 Å². The number of imide groups is 1. The van der Waals surface area contributed by atoms with Crippen molar-refractivity contribution >= 4 is 17.7 Å². The van der Waals surface area contributed by atoms with Crippen LogP contribution in [0.3, 0.4) is 0 Å². The molecule has 0 N–H and O–H groups in total. The Bertz CT molecular complexity index is 769. The van der Waals surface area contributed by atoms with Crippen molar-refractivity contribution < 1.29 is 19.2 Å². The number of ether oxygens (including phenoxy) is 1. The van der Waals surface area contributed by atoms with Crippen LogP contribution in [0.15, 0.2) is 24.3 Å². The molecule has 1 saturated carbocycles. The van der Waals surface area contributed by atoms with Crippen LogP contribution in [0, 0.1) is 16.0 Å². The van der Waals surface area contributed by atoms with E-state index < -0.39 is 35.0 Å². The van der Waals surface area contributed by atoms with Gasteiger partial charge in [0, 0.05) is 4.92 Å². The highest BCUT2D eigenvalue weighted by Crippen LogP contribution is 2.64. The normalized spacial score (nSPS) is 26.8. The summed E-state index contributed by atoms with van der Waals surface area (Å²) in [5.74, 6) is -0.922. The first-order chi connectivity index (χ1) is 12.2. The molecule has 0 radical (unpaired) electrons. The van der Waals surface area contributed by atoms with Crippen molar-refractivity contribution in [3.05, 3.63) is 39.9 Å². The highest BCUT2D eigenvalue weighted by atomic mass is 16.6. The van der Waals surface area contributed by atoms with Gasteiger partial charge in [0.25, 0.3) is 5.91 Å². The molecule has 0 bridgehead atoms. The molecule has 1 aliphatic carbocycles. The van der Waals surface area contributed by atoms with Gasteiger partial charge in [0.1, 0.15) is 5.60 Å². The summed E-state index contributed by atoms with van der Waals surface area (Å²) in [6, 6.07) is 5.85. The fraction of sp³-hybridized carbons (Fsp3) is 0.579. The van der Waals surface area contributed by atoms with E-state index >= 15 is 0 Å². The molecule has 1 fully saturated rings. The highest BCUT2D eigenvalue weighted by molar-refractivity contribution is 6.23. The van der Waals surface area contributed by atoms with Gasteiger partial charge in [-0.1, -0.05) is 38.0 Å². The molecule has 0 saturated heterocycles. The van der Waals surface area contributed by atoms with E-state index in [1.807, 2.05) is 6.92 Å². The first kappa shape index (κ1) is 18.4. The van der Waals surface area contributed by atoms with Crippen molar-refractivity contribution in [2.45, 2.75) is 64.0 Å². The second kappa shape index (κ2) is 6.07. The number of rotatable bonds is 4. The lowest BCUT2D eigenvalue weighted by Crippen LogP contribution is -2.42. The van der Waals surface area contributed by atoms with Gasteiger partial charge in [-0.15, -0.1) is 0 Å². The van der Waals surface area contributed by atoms with E-state index in [0.717, 1.165) is 17.7 Å². The Morgan fingerprint density at radius 2 is 2.00 bits per heavy atom. The number of carbonyl (C=O) groups is 2. The maximum Gasteiger partial charge on any atom is 0.421 e. The number of carbonyl (C=O) groups excluding carboxylic acids is 2. The molecule has 1 unspecified atom stereocenters. The second-order valence-corrected chi connectivity index (χ2v) is 7.99. The molecule has 7 heteroatoms. The number of fused-ring (bicyclic) bond motifs is 2. The molecule has 2 amide bonds. The first-order valence-electron chi connectivity index (χ1n) is 8.96. The van der Waals surface area contributed by atoms with E-state index in [4.69, 9.17) is 4.74 Å². The third kappa shape index (κ3) is 2.57. The number of para-hydroxylation sites is 1. The van der Waals surface area contributed by atoms with Gasteiger partial charge in [0.05, 0.1) is 11.6 Å². The average Bonchev–Trinajstić information content (AvgIpc) is 3.14. The lowest BCUT2D eigenvalue weighted by atomic mass is 9.93. The number of hydrogen-bond acceptors (Lipinski definition) is 5. The summed E-state index contributed by atoms with van der Waals surface area (Å²) in [6.45, 7) is 7.16. The Hall–Kier alpha value is -2.44. The molecular weight excluding hydrogens is 336 g/mol. The van der Waals surface area contributed by atoms with E-state index in [1.54, 1.807) is 45.0 Å². The van der Waals surface area contributed by atoms with Crippen molar-refractivity contribution in [3.8, 4) is 0 Å². The number of amides is 2. The number of benzene rings is 1. The van der Waals surface area contributed by atoms with Gasteiger partial charge in [-0.2, -0.15) is 0 Å². The molecule has 2 aliphatic rings. The summed E-state index contributed by atoms with van der Waals surface area (Å²) in [7, 11) is 0. The van der Waals surface area contributed by atoms with Crippen LogP contribution < -0.4 is 4.90 Å². The number of nitrogens with zero attached hydrogens (tertiary/aromatic N) is 2. The number of hydrogen-bond donors (Lipinski definition) is 0. The zero-order valence-corrected chi connectivity index (χ0v) is 15.5. The largest absolute Gasteiger partial charge is 0.443 e. The molecular formula is C19H24N2O5. The average molecular weight is 360 g/mol. The van der Waals surface area contributed by atoms with E-state index in [-0.39, 0.29) is 4.92 Å². The van der Waals surface area contributed by atoms with Crippen molar-refractivity contribution in [2.24, 2.45) is 5.92 Å². The zero-order valence-electron chi connectivity index (χ0n) is 15.5. The van der Waals surface area contributed by atoms with Crippen LogP contribution in [-0.2, 0) is 14.9 Å². The lowest BCUT2D eigenvalue weighted by Gasteiger charge is -2.24. The van der Waals surface area contributed by atoms with Crippen molar-refractivity contribution in [3.63, 3.8) is 0 Å². The van der Waals surface area contributed by atoms with E-state index in [1.165, 1.54) is 0 Å². The fourth-order valence-corrected chi connectivity index (χ4v) is 4.12. The molecule has 0 aromatic heterocycles. The third-order valence-electron chi connectivity index (χ3n) is 5.14. The number of unbranched alkanes of at least 4 members (excludes halogenated alkanes) is 1. The minimum atomic E-state index is -1.24. The summed E-state index contributed by atoms with van der Waals surface area (Å²) in [5, 5.41) is 11.7. The van der Waals surface area contributed by atoms with E-state index in [2.05, 4.69) is 0 Å². The summed E-state index contributed by atoms with van der Waals surface area (Å²) in [6.07, 6.45) is 1.50. The molecule has 1 aromatic rings. The van der Waals surface area contributed by atoms with Crippen molar-refractivity contribution in [1.82, 2.24) is 0 Å². The van der Waals surface area contributed by atoms with Crippen LogP contribution >= 0.6 is 0 Å². The lowest BCUT2D eigenvalue weighted by molar-refractivity contribution is -0.501. The van der Waals surface area contributed by atoms with E-state index in [9.17, 15) is 19.7 Å². The monoisotopic (exact) mass is 360 g/mol.